The SMILES string of the molecule is Cc1cc(C(=O)N2CCCC2C(=O)N(C)C)c2cccc(C)c2n1. The summed E-state index contributed by atoms with van der Waals surface area (Å²) < 4.78 is 0. The van der Waals surface area contributed by atoms with Crippen LogP contribution in [-0.2, 0) is 4.79 Å². The first kappa shape index (κ1) is 16.4. The molecule has 1 aromatic heterocycles. The summed E-state index contributed by atoms with van der Waals surface area (Å²) in [7, 11) is 3.47. The van der Waals surface area contributed by atoms with E-state index in [1.54, 1.807) is 23.9 Å². The molecule has 0 N–H and O–H groups in total. The van der Waals surface area contributed by atoms with Gasteiger partial charge in [-0.2, -0.15) is 0 Å². The molecule has 5 heteroatoms. The topological polar surface area (TPSA) is 53.5 Å². The molecule has 2 aromatic rings. The molecule has 1 fully saturated rings. The maximum atomic E-state index is 13.2. The van der Waals surface area contributed by atoms with Crippen molar-refractivity contribution in [3.8, 4) is 0 Å². The largest absolute Gasteiger partial charge is 0.347 e. The van der Waals surface area contributed by atoms with Crippen LogP contribution in [0, 0.1) is 13.8 Å². The Hall–Kier alpha value is -2.43. The lowest BCUT2D eigenvalue weighted by atomic mass is 10.0. The molecular weight excluding hydrogens is 302 g/mol. The van der Waals surface area contributed by atoms with Crippen molar-refractivity contribution in [2.24, 2.45) is 0 Å². The van der Waals surface area contributed by atoms with Crippen molar-refractivity contribution in [2.45, 2.75) is 32.7 Å². The number of hydrogen-bond acceptors (Lipinski definition) is 3. The summed E-state index contributed by atoms with van der Waals surface area (Å²) >= 11 is 0. The van der Waals surface area contributed by atoms with E-state index in [0.29, 0.717) is 12.1 Å². The molecule has 0 bridgehead atoms. The zero-order valence-electron chi connectivity index (χ0n) is 14.7. The number of aryl methyl sites for hydroxylation is 2. The van der Waals surface area contributed by atoms with Gasteiger partial charge in [0.2, 0.25) is 5.91 Å². The third-order valence-corrected chi connectivity index (χ3v) is 4.64. The molecule has 1 atom stereocenters. The van der Waals surface area contributed by atoms with Crippen LogP contribution in [0.15, 0.2) is 24.3 Å². The third-order valence-electron chi connectivity index (χ3n) is 4.64. The molecule has 0 aliphatic carbocycles. The van der Waals surface area contributed by atoms with Crippen LogP contribution < -0.4 is 0 Å². The number of fused-ring (bicyclic) bond motifs is 1. The maximum Gasteiger partial charge on any atom is 0.255 e. The van der Waals surface area contributed by atoms with E-state index in [4.69, 9.17) is 0 Å². The molecule has 1 aliphatic rings. The molecular formula is C19H23N3O2. The Morgan fingerprint density at radius 1 is 1.25 bits per heavy atom. The van der Waals surface area contributed by atoms with E-state index in [-0.39, 0.29) is 17.9 Å². The Kier molecular flexibility index (Phi) is 4.26. The number of likely N-dealkylation sites (N-methyl/N-ethyl adjacent to an activating group) is 1. The molecule has 126 valence electrons. The highest BCUT2D eigenvalue weighted by atomic mass is 16.2. The first-order valence-corrected chi connectivity index (χ1v) is 8.29. The van der Waals surface area contributed by atoms with E-state index in [0.717, 1.165) is 35.0 Å². The van der Waals surface area contributed by atoms with E-state index in [9.17, 15) is 9.59 Å². The van der Waals surface area contributed by atoms with Gasteiger partial charge in [0.15, 0.2) is 0 Å². The van der Waals surface area contributed by atoms with Crippen molar-refractivity contribution in [1.29, 1.82) is 0 Å². The van der Waals surface area contributed by atoms with Crippen molar-refractivity contribution >= 4 is 22.7 Å². The molecule has 0 saturated carbocycles. The minimum atomic E-state index is -0.360. The van der Waals surface area contributed by atoms with E-state index in [1.165, 1.54) is 0 Å². The maximum absolute atomic E-state index is 13.2. The Morgan fingerprint density at radius 3 is 2.71 bits per heavy atom. The average molecular weight is 325 g/mol. The zero-order valence-corrected chi connectivity index (χ0v) is 14.7. The van der Waals surface area contributed by atoms with Crippen LogP contribution in [0.2, 0.25) is 0 Å². The van der Waals surface area contributed by atoms with Crippen molar-refractivity contribution in [1.82, 2.24) is 14.8 Å². The van der Waals surface area contributed by atoms with Crippen molar-refractivity contribution < 1.29 is 9.59 Å². The van der Waals surface area contributed by atoms with Crippen LogP contribution in [0.1, 0.15) is 34.5 Å². The van der Waals surface area contributed by atoms with Gasteiger partial charge < -0.3 is 9.80 Å². The molecule has 1 unspecified atom stereocenters. The first-order chi connectivity index (χ1) is 11.4. The summed E-state index contributed by atoms with van der Waals surface area (Å²) in [6.45, 7) is 4.52. The number of para-hydroxylation sites is 1. The van der Waals surface area contributed by atoms with Crippen LogP contribution >= 0.6 is 0 Å². The second-order valence-corrected chi connectivity index (χ2v) is 6.67. The highest BCUT2D eigenvalue weighted by molar-refractivity contribution is 6.08. The monoisotopic (exact) mass is 325 g/mol. The number of hydrogen-bond donors (Lipinski definition) is 0. The van der Waals surface area contributed by atoms with Gasteiger partial charge in [0, 0.05) is 31.7 Å². The van der Waals surface area contributed by atoms with Gasteiger partial charge >= 0.3 is 0 Å². The number of rotatable bonds is 2. The summed E-state index contributed by atoms with van der Waals surface area (Å²) in [4.78, 5) is 33.5. The van der Waals surface area contributed by atoms with Gasteiger partial charge in [0.25, 0.3) is 5.91 Å². The molecule has 2 amide bonds. The number of carbonyl (C=O) groups excluding carboxylic acids is 2. The van der Waals surface area contributed by atoms with Crippen LogP contribution in [-0.4, -0.2) is 53.3 Å². The molecule has 5 nitrogen and oxygen atoms in total. The van der Waals surface area contributed by atoms with Crippen LogP contribution in [0.3, 0.4) is 0 Å². The molecule has 1 saturated heterocycles. The molecule has 1 aromatic carbocycles. The lowest BCUT2D eigenvalue weighted by molar-refractivity contribution is -0.132. The smallest absolute Gasteiger partial charge is 0.255 e. The van der Waals surface area contributed by atoms with Crippen molar-refractivity contribution in [2.75, 3.05) is 20.6 Å². The number of nitrogens with zero attached hydrogens (tertiary/aromatic N) is 3. The molecule has 24 heavy (non-hydrogen) atoms. The first-order valence-electron chi connectivity index (χ1n) is 8.29. The number of pyridine rings is 1. The van der Waals surface area contributed by atoms with E-state index >= 15 is 0 Å². The Bertz CT molecular complexity index is 814. The highest BCUT2D eigenvalue weighted by Crippen LogP contribution is 2.26. The van der Waals surface area contributed by atoms with E-state index in [1.807, 2.05) is 38.1 Å². The van der Waals surface area contributed by atoms with Gasteiger partial charge in [0.1, 0.15) is 6.04 Å². The van der Waals surface area contributed by atoms with Gasteiger partial charge in [-0.05, 0) is 38.3 Å². The third kappa shape index (κ3) is 2.75. The summed E-state index contributed by atoms with van der Waals surface area (Å²) in [5.41, 5.74) is 3.36. The number of carbonyl (C=O) groups is 2. The summed E-state index contributed by atoms with van der Waals surface area (Å²) in [5, 5.41) is 0.855. The second-order valence-electron chi connectivity index (χ2n) is 6.67. The van der Waals surface area contributed by atoms with Crippen molar-refractivity contribution in [3.05, 3.63) is 41.1 Å². The molecule has 0 radical (unpaired) electrons. The molecule has 2 heterocycles. The van der Waals surface area contributed by atoms with Crippen LogP contribution in [0.5, 0.6) is 0 Å². The summed E-state index contributed by atoms with van der Waals surface area (Å²) in [6.07, 6.45) is 1.58. The van der Waals surface area contributed by atoms with Gasteiger partial charge in [-0.15, -0.1) is 0 Å². The van der Waals surface area contributed by atoms with Gasteiger partial charge in [-0.1, -0.05) is 18.2 Å². The van der Waals surface area contributed by atoms with Gasteiger partial charge in [-0.25, -0.2) is 0 Å². The Balaban J connectivity index is 2.06. The lowest BCUT2D eigenvalue weighted by Gasteiger charge is -2.26. The fraction of sp³-hybridized carbons (Fsp3) is 0.421. The standard InChI is InChI=1S/C19H23N3O2/c1-12-7-5-8-14-15(11-13(2)20-17(12)14)18(23)22-10-6-9-16(22)19(24)21(3)4/h5,7-8,11,16H,6,9-10H2,1-4H3. The van der Waals surface area contributed by atoms with Crippen LogP contribution in [0.25, 0.3) is 10.9 Å². The molecule has 0 spiro atoms. The summed E-state index contributed by atoms with van der Waals surface area (Å²) in [6, 6.07) is 7.34. The van der Waals surface area contributed by atoms with E-state index in [2.05, 4.69) is 4.98 Å². The molecule has 1 aliphatic heterocycles. The van der Waals surface area contributed by atoms with Crippen molar-refractivity contribution in [3.63, 3.8) is 0 Å². The summed E-state index contributed by atoms with van der Waals surface area (Å²) in [5.74, 6) is -0.0825. The lowest BCUT2D eigenvalue weighted by Crippen LogP contribution is -2.45. The number of likely N-dealkylation sites (tertiary alicyclic amines) is 1. The Labute approximate surface area is 142 Å². The minimum absolute atomic E-state index is 0.00730. The average Bonchev–Trinajstić information content (AvgIpc) is 3.03. The minimum Gasteiger partial charge on any atom is -0.347 e. The predicted molar refractivity (Wildman–Crippen MR) is 94.0 cm³/mol. The predicted octanol–water partition coefficient (Wildman–Crippen LogP) is 2.54. The number of benzene rings is 1. The van der Waals surface area contributed by atoms with Gasteiger partial charge in [0.05, 0.1) is 11.1 Å². The fourth-order valence-electron chi connectivity index (χ4n) is 3.42. The number of amides is 2. The highest BCUT2D eigenvalue weighted by Gasteiger charge is 2.35. The van der Waals surface area contributed by atoms with Gasteiger partial charge in [-0.3, -0.25) is 14.6 Å². The zero-order chi connectivity index (χ0) is 17.4. The fourth-order valence-corrected chi connectivity index (χ4v) is 3.42. The Morgan fingerprint density at radius 2 is 2.00 bits per heavy atom. The second kappa shape index (κ2) is 6.23. The quantitative estimate of drug-likeness (QED) is 0.852. The number of aromatic nitrogens is 1. The molecule has 3 rings (SSSR count). The normalized spacial score (nSPS) is 17.3. The van der Waals surface area contributed by atoms with E-state index < -0.39 is 0 Å². The van der Waals surface area contributed by atoms with Crippen LogP contribution in [0.4, 0.5) is 0 Å².